The average Bonchev–Trinajstić information content (AvgIpc) is 3.22. The number of quaternary nitrogens is 1. The molecule has 1 aliphatic heterocycles. The van der Waals surface area contributed by atoms with Gasteiger partial charge in [-0.05, 0) is 48.5 Å². The zero-order chi connectivity index (χ0) is 27.0. The van der Waals surface area contributed by atoms with E-state index in [1.807, 2.05) is 24.3 Å². The number of hydrogen-bond donors (Lipinski definition) is 1. The van der Waals surface area contributed by atoms with Crippen LogP contribution < -0.4 is 9.46 Å². The first-order valence-corrected chi connectivity index (χ1v) is 12.7. The summed E-state index contributed by atoms with van der Waals surface area (Å²) < 4.78 is 72.6. The summed E-state index contributed by atoms with van der Waals surface area (Å²) in [6, 6.07) is 17.3. The molecule has 2 atom stereocenters. The maximum atomic E-state index is 13.3. The van der Waals surface area contributed by atoms with Gasteiger partial charge in [0.15, 0.2) is 6.04 Å². The lowest BCUT2D eigenvalue weighted by Gasteiger charge is -2.27. The second-order valence-corrected chi connectivity index (χ2v) is 10.4. The molecule has 0 spiro atoms. The molecule has 0 aromatic heterocycles. The van der Waals surface area contributed by atoms with Gasteiger partial charge in [-0.2, -0.15) is 13.2 Å². The van der Waals surface area contributed by atoms with E-state index >= 15 is 0 Å². The number of alkyl halides is 3. The molecule has 11 heteroatoms. The number of nitrogens with one attached hydrogen (secondary N) is 1. The van der Waals surface area contributed by atoms with Crippen molar-refractivity contribution < 1.29 is 35.7 Å². The molecule has 4 rings (SSSR count). The van der Waals surface area contributed by atoms with Gasteiger partial charge < -0.3 is 4.74 Å². The molecule has 2 unspecified atom stereocenters. The molecule has 194 valence electrons. The van der Waals surface area contributed by atoms with Crippen molar-refractivity contribution in [3.63, 3.8) is 0 Å². The number of halogens is 3. The van der Waals surface area contributed by atoms with Crippen molar-refractivity contribution >= 4 is 27.3 Å². The fourth-order valence-electron chi connectivity index (χ4n) is 4.30. The Morgan fingerprint density at radius 2 is 1.65 bits per heavy atom. The Bertz CT molecular complexity index is 1450. The van der Waals surface area contributed by atoms with Gasteiger partial charge in [-0.25, -0.2) is 13.2 Å². The zero-order valence-electron chi connectivity index (χ0n) is 20.3. The largest absolute Gasteiger partial charge is 0.497 e. The highest BCUT2D eigenvalue weighted by atomic mass is 32.2. The summed E-state index contributed by atoms with van der Waals surface area (Å²) in [7, 11) is -1.20. The van der Waals surface area contributed by atoms with Gasteiger partial charge in [0.25, 0.3) is 10.0 Å². The third kappa shape index (κ3) is 5.23. The Hall–Kier alpha value is -3.70. The molecule has 3 aromatic carbocycles. The molecule has 0 radical (unpaired) electrons. The van der Waals surface area contributed by atoms with Gasteiger partial charge >= 0.3 is 12.1 Å². The lowest BCUT2D eigenvalue weighted by molar-refractivity contribution is -0.865. The van der Waals surface area contributed by atoms with Crippen LogP contribution in [0, 0.1) is 0 Å². The van der Waals surface area contributed by atoms with E-state index in [2.05, 4.69) is 4.72 Å². The minimum atomic E-state index is -4.82. The minimum Gasteiger partial charge on any atom is -0.497 e. The summed E-state index contributed by atoms with van der Waals surface area (Å²) in [6.07, 6.45) is -4.37. The van der Waals surface area contributed by atoms with E-state index in [1.165, 1.54) is 25.1 Å². The SMILES string of the molecule is COc1ccc(C2CC(c3ccc(NS(=O)(=O)c4ccccc4C(F)(F)F)cc3)=N[N+]2(C)C(C)=O)cc1. The smallest absolute Gasteiger partial charge is 0.417 e. The van der Waals surface area contributed by atoms with Crippen LogP contribution in [-0.4, -0.2) is 38.8 Å². The summed E-state index contributed by atoms with van der Waals surface area (Å²) in [5.41, 5.74) is 1.07. The third-order valence-electron chi connectivity index (χ3n) is 6.41. The van der Waals surface area contributed by atoms with Crippen molar-refractivity contribution in [1.29, 1.82) is 0 Å². The highest BCUT2D eigenvalue weighted by Crippen LogP contribution is 2.39. The number of carbonyl (C=O) groups is 1. The molecule has 0 saturated carbocycles. The molecule has 0 aliphatic carbocycles. The number of benzene rings is 3. The van der Waals surface area contributed by atoms with Gasteiger partial charge in [-0.1, -0.05) is 29.4 Å². The number of ether oxygens (including phenoxy) is 1. The van der Waals surface area contributed by atoms with Crippen LogP contribution in [0.4, 0.5) is 18.9 Å². The van der Waals surface area contributed by atoms with Crippen molar-refractivity contribution in [3.8, 4) is 5.75 Å². The fourth-order valence-corrected chi connectivity index (χ4v) is 5.59. The van der Waals surface area contributed by atoms with Gasteiger partial charge in [0.05, 0.1) is 30.9 Å². The molecular weight excluding hydrogens is 507 g/mol. The Balaban J connectivity index is 1.59. The van der Waals surface area contributed by atoms with E-state index in [4.69, 9.17) is 9.84 Å². The molecule has 0 saturated heterocycles. The van der Waals surface area contributed by atoms with E-state index in [-0.39, 0.29) is 22.2 Å². The van der Waals surface area contributed by atoms with Crippen LogP contribution in [0.1, 0.15) is 36.1 Å². The number of carbonyl (C=O) groups excluding carboxylic acids is 1. The molecule has 1 N–H and O–H groups in total. The highest BCUT2D eigenvalue weighted by molar-refractivity contribution is 7.92. The summed E-state index contributed by atoms with van der Waals surface area (Å²) in [5, 5.41) is 4.69. The molecule has 0 fully saturated rings. The lowest BCUT2D eigenvalue weighted by Crippen LogP contribution is -2.43. The Morgan fingerprint density at radius 3 is 2.22 bits per heavy atom. The predicted octanol–water partition coefficient (Wildman–Crippen LogP) is 5.36. The van der Waals surface area contributed by atoms with E-state index < -0.39 is 26.7 Å². The Kier molecular flexibility index (Phi) is 6.87. The first-order chi connectivity index (χ1) is 17.3. The predicted molar refractivity (Wildman–Crippen MR) is 132 cm³/mol. The number of nitrogens with zero attached hydrogens (tertiary/aromatic N) is 2. The molecule has 7 nitrogen and oxygen atoms in total. The number of anilines is 1. The fraction of sp³-hybridized carbons (Fsp3) is 0.231. The highest BCUT2D eigenvalue weighted by Gasteiger charge is 2.46. The minimum absolute atomic E-state index is 0.0925. The van der Waals surface area contributed by atoms with Crippen molar-refractivity contribution in [3.05, 3.63) is 89.5 Å². The quantitative estimate of drug-likeness (QED) is 0.434. The van der Waals surface area contributed by atoms with Crippen LogP contribution in [0.25, 0.3) is 0 Å². The van der Waals surface area contributed by atoms with E-state index in [1.54, 1.807) is 26.3 Å². The molecule has 1 amide bonds. The normalized spacial score (nSPS) is 19.8. The van der Waals surface area contributed by atoms with Crippen molar-refractivity contribution in [1.82, 2.24) is 0 Å². The number of methoxy groups -OCH3 is 1. The van der Waals surface area contributed by atoms with Gasteiger partial charge in [0, 0.05) is 16.8 Å². The van der Waals surface area contributed by atoms with Gasteiger partial charge in [0.2, 0.25) is 0 Å². The van der Waals surface area contributed by atoms with E-state index in [0.717, 1.165) is 23.8 Å². The molecule has 3 aromatic rings. The van der Waals surface area contributed by atoms with Gasteiger partial charge in [-0.15, -0.1) is 4.59 Å². The number of hydrogen-bond acceptors (Lipinski definition) is 5. The van der Waals surface area contributed by atoms with Gasteiger partial charge in [-0.3, -0.25) is 4.72 Å². The summed E-state index contributed by atoms with van der Waals surface area (Å²) in [4.78, 5) is 11.7. The number of sulfonamides is 1. The van der Waals surface area contributed by atoms with Crippen LogP contribution in [-0.2, 0) is 21.0 Å². The van der Waals surface area contributed by atoms with Crippen molar-refractivity contribution in [2.45, 2.75) is 30.5 Å². The van der Waals surface area contributed by atoms with Crippen LogP contribution >= 0.6 is 0 Å². The number of rotatable bonds is 6. The van der Waals surface area contributed by atoms with Crippen molar-refractivity contribution in [2.24, 2.45) is 5.10 Å². The van der Waals surface area contributed by atoms with Crippen molar-refractivity contribution in [2.75, 3.05) is 18.9 Å². The molecule has 1 heterocycles. The second-order valence-electron chi connectivity index (χ2n) is 8.76. The molecule has 37 heavy (non-hydrogen) atoms. The Morgan fingerprint density at radius 1 is 1.03 bits per heavy atom. The number of amides is 1. The van der Waals surface area contributed by atoms with Crippen LogP contribution in [0.5, 0.6) is 5.75 Å². The van der Waals surface area contributed by atoms with Gasteiger partial charge in [0.1, 0.15) is 18.5 Å². The van der Waals surface area contributed by atoms with Crippen LogP contribution in [0.2, 0.25) is 0 Å². The first-order valence-electron chi connectivity index (χ1n) is 11.2. The second kappa shape index (κ2) is 9.64. The maximum absolute atomic E-state index is 13.3. The van der Waals surface area contributed by atoms with Crippen LogP contribution in [0.3, 0.4) is 0 Å². The maximum Gasteiger partial charge on any atom is 0.417 e. The lowest BCUT2D eigenvalue weighted by atomic mass is 9.97. The zero-order valence-corrected chi connectivity index (χ0v) is 21.1. The summed E-state index contributed by atoms with van der Waals surface area (Å²) in [6.45, 7) is 1.47. The summed E-state index contributed by atoms with van der Waals surface area (Å²) >= 11 is 0. The molecule has 1 aliphatic rings. The average molecular weight is 533 g/mol. The van der Waals surface area contributed by atoms with E-state index in [0.29, 0.717) is 23.4 Å². The monoisotopic (exact) mass is 532 g/mol. The van der Waals surface area contributed by atoms with E-state index in [9.17, 15) is 26.4 Å². The third-order valence-corrected chi connectivity index (χ3v) is 7.85. The van der Waals surface area contributed by atoms with Crippen LogP contribution in [0.15, 0.2) is 82.8 Å². The first kappa shape index (κ1) is 26.4. The molecule has 0 bridgehead atoms. The summed E-state index contributed by atoms with van der Waals surface area (Å²) in [5.74, 6) is 0.541. The topological polar surface area (TPSA) is 84.8 Å². The Labute approximate surface area is 212 Å². The molecular formula is C26H25F3N3O4S+. The standard InChI is InChI=1S/C26H25F3N3O4S/c1-17(33)32(2)24(19-10-14-21(36-3)15-11-19)16-23(30-32)18-8-12-20(13-9-18)31-37(34,35)25-7-5-4-6-22(25)26(27,28)29/h4-15,24,31H,16H2,1-3H3/q+1.